The second kappa shape index (κ2) is 4.44. The molecule has 3 nitrogen and oxygen atoms in total. The van der Waals surface area contributed by atoms with Gasteiger partial charge in [-0.1, -0.05) is 18.2 Å². The molecule has 0 heterocycles. The third-order valence-corrected chi connectivity index (χ3v) is 3.68. The molecule has 0 amide bonds. The van der Waals surface area contributed by atoms with E-state index in [1.54, 1.807) is 0 Å². The van der Waals surface area contributed by atoms with Crippen LogP contribution < -0.4 is 0 Å². The van der Waals surface area contributed by atoms with Crippen LogP contribution in [0.3, 0.4) is 0 Å². The lowest BCUT2D eigenvalue weighted by atomic mass is 9.55. The summed E-state index contributed by atoms with van der Waals surface area (Å²) in [4.78, 5) is 11.8. The molecule has 1 N–H and O–H groups in total. The van der Waals surface area contributed by atoms with Crippen molar-refractivity contribution >= 4 is 5.97 Å². The zero-order valence-electron chi connectivity index (χ0n) is 10.5. The maximum absolute atomic E-state index is 13.8. The standard InChI is InChI=1S/C13H12F4O3/c1-20-10(18)11(8-4-2-3-5-9(8)14)6-12(19,7-11)13(15,16)17/h2-5,19H,6-7H2,1H3. The second-order valence-electron chi connectivity index (χ2n) is 4.94. The van der Waals surface area contributed by atoms with Crippen LogP contribution in [0.1, 0.15) is 18.4 Å². The highest BCUT2D eigenvalue weighted by Crippen LogP contribution is 2.57. The molecule has 110 valence electrons. The number of hydrogen-bond acceptors (Lipinski definition) is 3. The largest absolute Gasteiger partial charge is 0.468 e. The van der Waals surface area contributed by atoms with Crippen molar-refractivity contribution in [1.82, 2.24) is 0 Å². The molecular weight excluding hydrogens is 280 g/mol. The van der Waals surface area contributed by atoms with E-state index in [4.69, 9.17) is 0 Å². The van der Waals surface area contributed by atoms with Crippen LogP contribution >= 0.6 is 0 Å². The number of hydrogen-bond donors (Lipinski definition) is 1. The molecule has 0 atom stereocenters. The average Bonchev–Trinajstić information content (AvgIpc) is 2.33. The number of methoxy groups -OCH3 is 1. The minimum Gasteiger partial charge on any atom is -0.468 e. The summed E-state index contributed by atoms with van der Waals surface area (Å²) in [7, 11) is 1.01. The predicted molar refractivity (Wildman–Crippen MR) is 60.3 cm³/mol. The molecule has 1 fully saturated rings. The van der Waals surface area contributed by atoms with Gasteiger partial charge in [0.15, 0.2) is 5.60 Å². The first kappa shape index (κ1) is 14.8. The van der Waals surface area contributed by atoms with Crippen molar-refractivity contribution in [1.29, 1.82) is 0 Å². The molecule has 2 rings (SSSR count). The Morgan fingerprint density at radius 3 is 2.30 bits per heavy atom. The molecule has 0 bridgehead atoms. The third-order valence-electron chi connectivity index (χ3n) is 3.68. The fourth-order valence-electron chi connectivity index (χ4n) is 2.64. The summed E-state index contributed by atoms with van der Waals surface area (Å²) >= 11 is 0. The molecule has 0 radical (unpaired) electrons. The van der Waals surface area contributed by atoms with Gasteiger partial charge in [-0.15, -0.1) is 0 Å². The van der Waals surface area contributed by atoms with Crippen molar-refractivity contribution < 1.29 is 32.2 Å². The zero-order chi connectivity index (χ0) is 15.2. The van der Waals surface area contributed by atoms with E-state index in [1.165, 1.54) is 18.2 Å². The van der Waals surface area contributed by atoms with Crippen LogP contribution in [0.4, 0.5) is 17.6 Å². The SMILES string of the molecule is COC(=O)C1(c2ccccc2F)CC(O)(C(F)(F)F)C1. The summed E-state index contributed by atoms with van der Waals surface area (Å²) < 4.78 is 56.4. The lowest BCUT2D eigenvalue weighted by Crippen LogP contribution is -2.65. The molecule has 1 aromatic rings. The molecule has 0 spiro atoms. The Bertz CT molecular complexity index is 533. The van der Waals surface area contributed by atoms with Gasteiger partial charge in [0.05, 0.1) is 7.11 Å². The normalized spacial score (nSPS) is 29.7. The van der Waals surface area contributed by atoms with E-state index in [-0.39, 0.29) is 5.56 Å². The molecule has 1 aliphatic rings. The third kappa shape index (κ3) is 1.96. The number of esters is 1. The van der Waals surface area contributed by atoms with Crippen LogP contribution in [0.5, 0.6) is 0 Å². The van der Waals surface area contributed by atoms with Gasteiger partial charge in [-0.2, -0.15) is 13.2 Å². The first-order valence-electron chi connectivity index (χ1n) is 5.79. The van der Waals surface area contributed by atoms with Gasteiger partial charge in [0, 0.05) is 18.4 Å². The fourth-order valence-corrected chi connectivity index (χ4v) is 2.64. The van der Waals surface area contributed by atoms with E-state index < -0.39 is 41.8 Å². The van der Waals surface area contributed by atoms with Crippen LogP contribution in [0, 0.1) is 5.82 Å². The van der Waals surface area contributed by atoms with Gasteiger partial charge >= 0.3 is 12.1 Å². The maximum Gasteiger partial charge on any atom is 0.417 e. The Labute approximate surface area is 112 Å². The average molecular weight is 292 g/mol. The van der Waals surface area contributed by atoms with Gasteiger partial charge < -0.3 is 9.84 Å². The number of carbonyl (C=O) groups is 1. The summed E-state index contributed by atoms with van der Waals surface area (Å²) in [5, 5.41) is 9.52. The van der Waals surface area contributed by atoms with E-state index in [2.05, 4.69) is 4.74 Å². The van der Waals surface area contributed by atoms with Crippen LogP contribution in [-0.2, 0) is 14.9 Å². The molecule has 20 heavy (non-hydrogen) atoms. The Hall–Kier alpha value is -1.63. The van der Waals surface area contributed by atoms with Gasteiger partial charge in [0.25, 0.3) is 0 Å². The van der Waals surface area contributed by atoms with Crippen molar-refractivity contribution in [2.45, 2.75) is 30.0 Å². The number of ether oxygens (including phenoxy) is 1. The Morgan fingerprint density at radius 1 is 1.30 bits per heavy atom. The molecule has 1 saturated carbocycles. The first-order valence-corrected chi connectivity index (χ1v) is 5.79. The van der Waals surface area contributed by atoms with Crippen molar-refractivity contribution in [3.05, 3.63) is 35.6 Å². The second-order valence-corrected chi connectivity index (χ2v) is 4.94. The molecule has 0 unspecified atom stereocenters. The predicted octanol–water partition coefficient (Wildman–Crippen LogP) is 2.32. The van der Waals surface area contributed by atoms with Crippen LogP contribution in [-0.4, -0.2) is 30.0 Å². The van der Waals surface area contributed by atoms with Crippen molar-refractivity contribution in [2.24, 2.45) is 0 Å². The zero-order valence-corrected chi connectivity index (χ0v) is 10.5. The van der Waals surface area contributed by atoms with Crippen LogP contribution in [0.2, 0.25) is 0 Å². The topological polar surface area (TPSA) is 46.5 Å². The van der Waals surface area contributed by atoms with Gasteiger partial charge in [-0.3, -0.25) is 4.79 Å². The molecule has 1 aromatic carbocycles. The minimum absolute atomic E-state index is 0.194. The minimum atomic E-state index is -4.88. The lowest BCUT2D eigenvalue weighted by Gasteiger charge is -2.51. The summed E-state index contributed by atoms with van der Waals surface area (Å²) in [5.41, 5.74) is -4.99. The summed E-state index contributed by atoms with van der Waals surface area (Å²) in [6, 6.07) is 5.04. The summed E-state index contributed by atoms with van der Waals surface area (Å²) in [6.45, 7) is 0. The van der Waals surface area contributed by atoms with Crippen molar-refractivity contribution in [3.63, 3.8) is 0 Å². The van der Waals surface area contributed by atoms with Gasteiger partial charge in [-0.05, 0) is 6.07 Å². The number of rotatable bonds is 2. The van der Waals surface area contributed by atoms with Gasteiger partial charge in [0.1, 0.15) is 11.2 Å². The maximum atomic E-state index is 13.8. The molecule has 0 aliphatic heterocycles. The lowest BCUT2D eigenvalue weighted by molar-refractivity contribution is -0.303. The van der Waals surface area contributed by atoms with Gasteiger partial charge in [-0.25, -0.2) is 4.39 Å². The highest BCUT2D eigenvalue weighted by molar-refractivity contribution is 5.85. The number of benzene rings is 1. The molecule has 0 aromatic heterocycles. The van der Waals surface area contributed by atoms with Gasteiger partial charge in [0.2, 0.25) is 0 Å². The smallest absolute Gasteiger partial charge is 0.417 e. The highest BCUT2D eigenvalue weighted by atomic mass is 19.4. The summed E-state index contributed by atoms with van der Waals surface area (Å²) in [6.07, 6.45) is -6.77. The quantitative estimate of drug-likeness (QED) is 0.672. The first-order chi connectivity index (χ1) is 9.16. The molecule has 1 aliphatic carbocycles. The number of aliphatic hydroxyl groups is 1. The number of alkyl halides is 3. The van der Waals surface area contributed by atoms with E-state index in [1.807, 2.05) is 0 Å². The Kier molecular flexibility index (Phi) is 3.28. The Balaban J connectivity index is 2.44. The highest BCUT2D eigenvalue weighted by Gasteiger charge is 2.71. The van der Waals surface area contributed by atoms with E-state index in [0.29, 0.717) is 0 Å². The van der Waals surface area contributed by atoms with E-state index in [0.717, 1.165) is 13.2 Å². The van der Waals surface area contributed by atoms with Crippen LogP contribution in [0.25, 0.3) is 0 Å². The van der Waals surface area contributed by atoms with Crippen molar-refractivity contribution in [3.8, 4) is 0 Å². The van der Waals surface area contributed by atoms with E-state index >= 15 is 0 Å². The Morgan fingerprint density at radius 2 is 1.85 bits per heavy atom. The number of halogens is 4. The van der Waals surface area contributed by atoms with Crippen molar-refractivity contribution in [2.75, 3.05) is 7.11 Å². The summed E-state index contributed by atoms with van der Waals surface area (Å²) in [5.74, 6) is -1.79. The van der Waals surface area contributed by atoms with Crippen LogP contribution in [0.15, 0.2) is 24.3 Å². The molecule has 0 saturated heterocycles. The number of carbonyl (C=O) groups excluding carboxylic acids is 1. The molecule has 7 heteroatoms. The molecular formula is C13H12F4O3. The monoisotopic (exact) mass is 292 g/mol. The fraction of sp³-hybridized carbons (Fsp3) is 0.462. The van der Waals surface area contributed by atoms with E-state index in [9.17, 15) is 27.5 Å².